The number of anilines is 1. The van der Waals surface area contributed by atoms with Crippen molar-refractivity contribution in [3.63, 3.8) is 0 Å². The van der Waals surface area contributed by atoms with Crippen LogP contribution in [0, 0.1) is 0 Å². The maximum absolute atomic E-state index is 12.2. The summed E-state index contributed by atoms with van der Waals surface area (Å²) in [5.41, 5.74) is 2.87. The summed E-state index contributed by atoms with van der Waals surface area (Å²) in [7, 11) is 0. The predicted octanol–water partition coefficient (Wildman–Crippen LogP) is 3.90. The molecule has 1 heterocycles. The number of nitrogens with zero attached hydrogens (tertiary/aromatic N) is 1. The van der Waals surface area contributed by atoms with Crippen molar-refractivity contribution >= 4 is 38.5 Å². The number of fused-ring (bicyclic) bond motifs is 1. The standard InChI is InChI=1S/C21H23N3O3S/c1-3-27-18-7-5-4-6-16(18)13-22-20(26)11-9-15-8-10-17-19(12-15)28-21(24-17)23-14(2)25/h4-8,10,12H,3,9,11,13H2,1-2H3,(H,22,26)(H,23,24,25). The van der Waals surface area contributed by atoms with Gasteiger partial charge in [0.15, 0.2) is 5.13 Å². The van der Waals surface area contributed by atoms with Gasteiger partial charge in [0.1, 0.15) is 5.75 Å². The van der Waals surface area contributed by atoms with Gasteiger partial charge in [0.2, 0.25) is 11.8 Å². The molecule has 7 heteroatoms. The van der Waals surface area contributed by atoms with Crippen molar-refractivity contribution in [2.45, 2.75) is 33.2 Å². The highest BCUT2D eigenvalue weighted by atomic mass is 32.1. The number of nitrogens with one attached hydrogen (secondary N) is 2. The predicted molar refractivity (Wildman–Crippen MR) is 112 cm³/mol. The van der Waals surface area contributed by atoms with Crippen LogP contribution in [0.3, 0.4) is 0 Å². The minimum atomic E-state index is -0.137. The first-order valence-corrected chi connectivity index (χ1v) is 10.0. The first kappa shape index (κ1) is 19.8. The Morgan fingerprint density at radius 3 is 2.79 bits per heavy atom. The molecule has 3 rings (SSSR count). The normalized spacial score (nSPS) is 10.6. The van der Waals surface area contributed by atoms with Crippen LogP contribution in [0.5, 0.6) is 5.75 Å². The third-order valence-electron chi connectivity index (χ3n) is 4.13. The maximum atomic E-state index is 12.2. The van der Waals surface area contributed by atoms with Gasteiger partial charge in [-0.1, -0.05) is 35.6 Å². The molecule has 28 heavy (non-hydrogen) atoms. The van der Waals surface area contributed by atoms with Crippen LogP contribution >= 0.6 is 11.3 Å². The average Bonchev–Trinajstić information content (AvgIpc) is 3.06. The van der Waals surface area contributed by atoms with Gasteiger partial charge in [0.25, 0.3) is 0 Å². The van der Waals surface area contributed by atoms with Gasteiger partial charge in [-0.3, -0.25) is 9.59 Å². The molecule has 146 valence electrons. The largest absolute Gasteiger partial charge is 0.494 e. The van der Waals surface area contributed by atoms with E-state index >= 15 is 0 Å². The van der Waals surface area contributed by atoms with E-state index in [0.717, 1.165) is 27.1 Å². The second-order valence-electron chi connectivity index (χ2n) is 6.32. The number of thiazole rings is 1. The zero-order valence-electron chi connectivity index (χ0n) is 16.0. The number of carbonyl (C=O) groups excluding carboxylic acids is 2. The average molecular weight is 398 g/mol. The van der Waals surface area contributed by atoms with Gasteiger partial charge in [-0.25, -0.2) is 4.98 Å². The lowest BCUT2D eigenvalue weighted by atomic mass is 10.1. The molecule has 2 aromatic carbocycles. The Hall–Kier alpha value is -2.93. The minimum absolute atomic E-state index is 0.00496. The van der Waals surface area contributed by atoms with E-state index in [-0.39, 0.29) is 11.8 Å². The molecule has 0 bridgehead atoms. The topological polar surface area (TPSA) is 80.3 Å². The van der Waals surface area contributed by atoms with Gasteiger partial charge in [-0.2, -0.15) is 0 Å². The summed E-state index contributed by atoms with van der Waals surface area (Å²) in [4.78, 5) is 27.8. The Morgan fingerprint density at radius 1 is 1.18 bits per heavy atom. The number of hydrogen-bond donors (Lipinski definition) is 2. The summed E-state index contributed by atoms with van der Waals surface area (Å²) in [5.74, 6) is 0.660. The van der Waals surface area contributed by atoms with E-state index in [1.54, 1.807) is 0 Å². The molecule has 0 aliphatic rings. The lowest BCUT2D eigenvalue weighted by Gasteiger charge is -2.11. The summed E-state index contributed by atoms with van der Waals surface area (Å²) >= 11 is 1.43. The molecule has 0 aliphatic heterocycles. The number of benzene rings is 2. The highest BCUT2D eigenvalue weighted by molar-refractivity contribution is 7.22. The van der Waals surface area contributed by atoms with Crippen LogP contribution in [0.25, 0.3) is 10.2 Å². The van der Waals surface area contributed by atoms with Crippen LogP contribution in [0.2, 0.25) is 0 Å². The fourth-order valence-electron chi connectivity index (χ4n) is 2.81. The van der Waals surface area contributed by atoms with Gasteiger partial charge in [-0.05, 0) is 37.1 Å². The number of rotatable bonds is 8. The SMILES string of the molecule is CCOc1ccccc1CNC(=O)CCc1ccc2nc(NC(C)=O)sc2c1. The Morgan fingerprint density at radius 2 is 2.00 bits per heavy atom. The summed E-state index contributed by atoms with van der Waals surface area (Å²) in [6, 6.07) is 13.6. The van der Waals surface area contributed by atoms with Crippen molar-refractivity contribution in [3.8, 4) is 5.75 Å². The van der Waals surface area contributed by atoms with Crippen molar-refractivity contribution in [2.75, 3.05) is 11.9 Å². The molecule has 0 radical (unpaired) electrons. The number of ether oxygens (including phenoxy) is 1. The molecular weight excluding hydrogens is 374 g/mol. The van der Waals surface area contributed by atoms with E-state index in [1.807, 2.05) is 49.4 Å². The molecule has 0 atom stereocenters. The van der Waals surface area contributed by atoms with Crippen LogP contribution < -0.4 is 15.4 Å². The van der Waals surface area contributed by atoms with E-state index < -0.39 is 0 Å². The van der Waals surface area contributed by atoms with E-state index in [0.29, 0.717) is 31.1 Å². The van der Waals surface area contributed by atoms with E-state index in [2.05, 4.69) is 15.6 Å². The number of amides is 2. The molecule has 3 aromatic rings. The Balaban J connectivity index is 1.55. The number of carbonyl (C=O) groups is 2. The first-order chi connectivity index (χ1) is 13.5. The fraction of sp³-hybridized carbons (Fsp3) is 0.286. The molecule has 0 fully saturated rings. The Kier molecular flexibility index (Phi) is 6.60. The van der Waals surface area contributed by atoms with E-state index in [1.165, 1.54) is 18.3 Å². The van der Waals surface area contributed by atoms with Gasteiger partial charge in [-0.15, -0.1) is 0 Å². The van der Waals surface area contributed by atoms with Crippen LogP contribution in [-0.2, 0) is 22.6 Å². The van der Waals surface area contributed by atoms with Gasteiger partial charge in [0.05, 0.1) is 16.8 Å². The van der Waals surface area contributed by atoms with Gasteiger partial charge in [0, 0.05) is 25.5 Å². The van der Waals surface area contributed by atoms with E-state index in [4.69, 9.17) is 4.74 Å². The number of aryl methyl sites for hydroxylation is 1. The van der Waals surface area contributed by atoms with Crippen molar-refractivity contribution in [2.24, 2.45) is 0 Å². The third kappa shape index (κ3) is 5.29. The van der Waals surface area contributed by atoms with E-state index in [9.17, 15) is 9.59 Å². The quantitative estimate of drug-likeness (QED) is 0.604. The van der Waals surface area contributed by atoms with Gasteiger partial charge < -0.3 is 15.4 Å². The second-order valence-corrected chi connectivity index (χ2v) is 7.35. The van der Waals surface area contributed by atoms with Crippen molar-refractivity contribution in [1.29, 1.82) is 0 Å². The van der Waals surface area contributed by atoms with Crippen LogP contribution in [0.15, 0.2) is 42.5 Å². The summed E-state index contributed by atoms with van der Waals surface area (Å²) < 4.78 is 6.58. The number of aromatic nitrogens is 1. The Bertz CT molecular complexity index is 984. The third-order valence-corrected chi connectivity index (χ3v) is 5.06. The Labute approximate surface area is 167 Å². The first-order valence-electron chi connectivity index (χ1n) is 9.19. The molecule has 0 unspecified atom stereocenters. The van der Waals surface area contributed by atoms with Crippen molar-refractivity contribution < 1.29 is 14.3 Å². The lowest BCUT2D eigenvalue weighted by molar-refractivity contribution is -0.121. The maximum Gasteiger partial charge on any atom is 0.223 e. The monoisotopic (exact) mass is 397 g/mol. The van der Waals surface area contributed by atoms with Gasteiger partial charge >= 0.3 is 0 Å². The molecule has 2 N–H and O–H groups in total. The van der Waals surface area contributed by atoms with Crippen molar-refractivity contribution in [3.05, 3.63) is 53.6 Å². The minimum Gasteiger partial charge on any atom is -0.494 e. The highest BCUT2D eigenvalue weighted by Crippen LogP contribution is 2.27. The second kappa shape index (κ2) is 9.32. The van der Waals surface area contributed by atoms with Crippen LogP contribution in [0.4, 0.5) is 5.13 Å². The molecule has 2 amide bonds. The molecule has 0 saturated heterocycles. The number of hydrogen-bond acceptors (Lipinski definition) is 5. The highest BCUT2D eigenvalue weighted by Gasteiger charge is 2.09. The van der Waals surface area contributed by atoms with Crippen molar-refractivity contribution in [1.82, 2.24) is 10.3 Å². The molecule has 0 saturated carbocycles. The lowest BCUT2D eigenvalue weighted by Crippen LogP contribution is -2.23. The molecule has 6 nitrogen and oxygen atoms in total. The zero-order valence-corrected chi connectivity index (χ0v) is 16.8. The smallest absolute Gasteiger partial charge is 0.223 e. The van der Waals surface area contributed by atoms with Crippen LogP contribution in [-0.4, -0.2) is 23.4 Å². The summed E-state index contributed by atoms with van der Waals surface area (Å²) in [6.07, 6.45) is 1.04. The molecule has 1 aromatic heterocycles. The molecular formula is C21H23N3O3S. The summed E-state index contributed by atoms with van der Waals surface area (Å²) in [6.45, 7) is 4.44. The molecule has 0 spiro atoms. The fourth-order valence-corrected chi connectivity index (χ4v) is 3.79. The van der Waals surface area contributed by atoms with Crippen LogP contribution in [0.1, 0.15) is 31.4 Å². The summed E-state index contributed by atoms with van der Waals surface area (Å²) in [5, 5.41) is 6.25. The molecule has 0 aliphatic carbocycles. The zero-order chi connectivity index (χ0) is 19.9. The number of para-hydroxylation sites is 1.